The van der Waals surface area contributed by atoms with Gasteiger partial charge in [0.15, 0.2) is 0 Å². The Balaban J connectivity index is 2.45. The minimum Gasteiger partial charge on any atom is -0.115 e. The summed E-state index contributed by atoms with van der Waals surface area (Å²) in [5.41, 5.74) is 1.22. The Hall–Kier alpha value is -0.700. The van der Waals surface area contributed by atoms with Crippen molar-refractivity contribution in [3.8, 4) is 12.3 Å². The molecule has 1 aliphatic carbocycles. The highest BCUT2D eigenvalue weighted by Crippen LogP contribution is 2.15. The zero-order valence-corrected chi connectivity index (χ0v) is 6.40. The molecule has 0 fully saturated rings. The average molecular weight is 134 g/mol. The van der Waals surface area contributed by atoms with E-state index in [9.17, 15) is 0 Å². The van der Waals surface area contributed by atoms with Gasteiger partial charge in [0.1, 0.15) is 0 Å². The SMILES string of the molecule is C#CC1=CCCCCCC1. The monoisotopic (exact) mass is 134 g/mol. The highest BCUT2D eigenvalue weighted by atomic mass is 14.0. The van der Waals surface area contributed by atoms with Crippen molar-refractivity contribution in [1.82, 2.24) is 0 Å². The van der Waals surface area contributed by atoms with Crippen molar-refractivity contribution in [2.45, 2.75) is 38.5 Å². The van der Waals surface area contributed by atoms with E-state index in [1.165, 1.54) is 37.7 Å². The van der Waals surface area contributed by atoms with E-state index >= 15 is 0 Å². The second-order valence-corrected chi connectivity index (χ2v) is 2.83. The summed E-state index contributed by atoms with van der Waals surface area (Å²) in [4.78, 5) is 0. The van der Waals surface area contributed by atoms with Gasteiger partial charge >= 0.3 is 0 Å². The zero-order valence-electron chi connectivity index (χ0n) is 6.40. The van der Waals surface area contributed by atoms with Crippen LogP contribution in [0.15, 0.2) is 11.6 Å². The molecule has 0 saturated carbocycles. The number of rotatable bonds is 0. The van der Waals surface area contributed by atoms with E-state index in [0.717, 1.165) is 6.42 Å². The van der Waals surface area contributed by atoms with E-state index in [1.807, 2.05) is 0 Å². The molecule has 0 aromatic heterocycles. The molecule has 0 unspecified atom stereocenters. The third-order valence-corrected chi connectivity index (χ3v) is 1.98. The molecule has 0 radical (unpaired) electrons. The molecule has 0 saturated heterocycles. The van der Waals surface area contributed by atoms with Gasteiger partial charge in [-0.15, -0.1) is 6.42 Å². The molecule has 0 aliphatic heterocycles. The predicted octanol–water partition coefficient (Wildman–Crippen LogP) is 2.90. The summed E-state index contributed by atoms with van der Waals surface area (Å²) >= 11 is 0. The van der Waals surface area contributed by atoms with Crippen LogP contribution in [0.5, 0.6) is 0 Å². The maximum absolute atomic E-state index is 5.31. The van der Waals surface area contributed by atoms with Gasteiger partial charge in [-0.2, -0.15) is 0 Å². The molecular weight excluding hydrogens is 120 g/mol. The van der Waals surface area contributed by atoms with Crippen LogP contribution < -0.4 is 0 Å². The van der Waals surface area contributed by atoms with Gasteiger partial charge < -0.3 is 0 Å². The summed E-state index contributed by atoms with van der Waals surface area (Å²) in [5, 5.41) is 0. The van der Waals surface area contributed by atoms with E-state index in [1.54, 1.807) is 0 Å². The highest BCUT2D eigenvalue weighted by molar-refractivity contribution is 5.25. The lowest BCUT2D eigenvalue weighted by atomic mass is 10.0. The fourth-order valence-corrected chi connectivity index (χ4v) is 1.32. The van der Waals surface area contributed by atoms with Crippen molar-refractivity contribution < 1.29 is 0 Å². The van der Waals surface area contributed by atoms with Crippen molar-refractivity contribution in [3.05, 3.63) is 11.6 Å². The number of hydrogen-bond acceptors (Lipinski definition) is 0. The summed E-state index contributed by atoms with van der Waals surface area (Å²) in [7, 11) is 0. The van der Waals surface area contributed by atoms with Crippen LogP contribution in [0.2, 0.25) is 0 Å². The van der Waals surface area contributed by atoms with Gasteiger partial charge in [0.25, 0.3) is 0 Å². The first-order chi connectivity index (χ1) is 4.93. The third kappa shape index (κ3) is 2.27. The Bertz CT molecular complexity index is 157. The van der Waals surface area contributed by atoms with Crippen LogP contribution in [0.1, 0.15) is 38.5 Å². The van der Waals surface area contributed by atoms with E-state index < -0.39 is 0 Å². The molecule has 0 nitrogen and oxygen atoms in total. The topological polar surface area (TPSA) is 0 Å². The first-order valence-electron chi connectivity index (χ1n) is 4.09. The largest absolute Gasteiger partial charge is 0.115 e. The lowest BCUT2D eigenvalue weighted by Crippen LogP contribution is -1.87. The van der Waals surface area contributed by atoms with Gasteiger partial charge in [0.2, 0.25) is 0 Å². The fraction of sp³-hybridized carbons (Fsp3) is 0.600. The Morgan fingerprint density at radius 2 is 2.00 bits per heavy atom. The van der Waals surface area contributed by atoms with Crippen molar-refractivity contribution in [3.63, 3.8) is 0 Å². The summed E-state index contributed by atoms with van der Waals surface area (Å²) in [6, 6.07) is 0. The van der Waals surface area contributed by atoms with Crippen LogP contribution in [0.3, 0.4) is 0 Å². The molecule has 0 aromatic rings. The smallest absolute Gasteiger partial charge is 0.00223 e. The summed E-state index contributed by atoms with van der Waals surface area (Å²) in [5.74, 6) is 2.73. The molecule has 0 aromatic carbocycles. The summed E-state index contributed by atoms with van der Waals surface area (Å²) in [6.07, 6.45) is 15.2. The van der Waals surface area contributed by atoms with Crippen LogP contribution in [0, 0.1) is 12.3 Å². The Kier molecular flexibility index (Phi) is 3.09. The van der Waals surface area contributed by atoms with E-state index in [4.69, 9.17) is 6.42 Å². The van der Waals surface area contributed by atoms with E-state index in [2.05, 4.69) is 12.0 Å². The lowest BCUT2D eigenvalue weighted by Gasteiger charge is -2.05. The van der Waals surface area contributed by atoms with Crippen LogP contribution in [0.25, 0.3) is 0 Å². The second-order valence-electron chi connectivity index (χ2n) is 2.83. The van der Waals surface area contributed by atoms with Gasteiger partial charge in [0, 0.05) is 0 Å². The molecule has 1 aliphatic rings. The minimum atomic E-state index is 1.14. The van der Waals surface area contributed by atoms with Crippen LogP contribution >= 0.6 is 0 Å². The van der Waals surface area contributed by atoms with Gasteiger partial charge in [-0.3, -0.25) is 0 Å². The van der Waals surface area contributed by atoms with Crippen molar-refractivity contribution in [2.75, 3.05) is 0 Å². The average Bonchev–Trinajstić information content (AvgIpc) is 1.87. The Morgan fingerprint density at radius 3 is 2.80 bits per heavy atom. The molecule has 54 valence electrons. The predicted molar refractivity (Wildman–Crippen MR) is 44.6 cm³/mol. The molecule has 0 heteroatoms. The summed E-state index contributed by atoms with van der Waals surface area (Å²) < 4.78 is 0. The highest BCUT2D eigenvalue weighted by Gasteiger charge is 1.97. The first-order valence-corrected chi connectivity index (χ1v) is 4.09. The lowest BCUT2D eigenvalue weighted by molar-refractivity contribution is 0.631. The Morgan fingerprint density at radius 1 is 1.20 bits per heavy atom. The maximum atomic E-state index is 5.31. The van der Waals surface area contributed by atoms with Crippen LogP contribution in [-0.4, -0.2) is 0 Å². The molecule has 10 heavy (non-hydrogen) atoms. The number of hydrogen-bond donors (Lipinski definition) is 0. The number of terminal acetylenes is 1. The second kappa shape index (κ2) is 4.17. The van der Waals surface area contributed by atoms with E-state index in [-0.39, 0.29) is 0 Å². The van der Waals surface area contributed by atoms with E-state index in [0.29, 0.717) is 0 Å². The van der Waals surface area contributed by atoms with Gasteiger partial charge in [-0.05, 0) is 31.3 Å². The van der Waals surface area contributed by atoms with Crippen molar-refractivity contribution >= 4 is 0 Å². The maximum Gasteiger partial charge on any atom is -0.00223 e. The molecule has 0 N–H and O–H groups in total. The number of allylic oxidation sites excluding steroid dienone is 2. The van der Waals surface area contributed by atoms with Gasteiger partial charge in [0.05, 0.1) is 0 Å². The molecular formula is C10H14. The minimum absolute atomic E-state index is 1.14. The summed E-state index contributed by atoms with van der Waals surface area (Å²) in [6.45, 7) is 0. The molecule has 0 bridgehead atoms. The third-order valence-electron chi connectivity index (χ3n) is 1.98. The zero-order chi connectivity index (χ0) is 7.23. The molecule has 1 rings (SSSR count). The normalized spacial score (nSPS) is 20.1. The Labute approximate surface area is 63.3 Å². The first kappa shape index (κ1) is 7.41. The molecule has 0 heterocycles. The van der Waals surface area contributed by atoms with Crippen LogP contribution in [0.4, 0.5) is 0 Å². The van der Waals surface area contributed by atoms with Gasteiger partial charge in [-0.1, -0.05) is 24.8 Å². The molecule has 0 atom stereocenters. The van der Waals surface area contributed by atoms with Crippen molar-refractivity contribution in [1.29, 1.82) is 0 Å². The van der Waals surface area contributed by atoms with Crippen LogP contribution in [-0.2, 0) is 0 Å². The quantitative estimate of drug-likeness (QED) is 0.447. The van der Waals surface area contributed by atoms with Gasteiger partial charge in [-0.25, -0.2) is 0 Å². The standard InChI is InChI=1S/C10H14/c1-2-10-8-6-4-3-5-7-9-10/h1,8H,3-7,9H2. The van der Waals surface area contributed by atoms with Crippen molar-refractivity contribution in [2.24, 2.45) is 0 Å². The molecule has 0 amide bonds. The fourth-order valence-electron chi connectivity index (χ4n) is 1.32. The molecule has 0 spiro atoms.